The van der Waals surface area contributed by atoms with Gasteiger partial charge in [-0.25, -0.2) is 0 Å². The van der Waals surface area contributed by atoms with E-state index in [4.69, 9.17) is 23.7 Å². The molecule has 0 bridgehead atoms. The molecule has 4 aliphatic heterocycles. The minimum atomic E-state index is -0.180. The Labute approximate surface area is 126 Å². The Morgan fingerprint density at radius 1 is 0.667 bits per heavy atom. The zero-order valence-corrected chi connectivity index (χ0v) is 13.0. The van der Waals surface area contributed by atoms with Crippen molar-refractivity contribution < 1.29 is 23.7 Å². The van der Waals surface area contributed by atoms with Crippen molar-refractivity contribution in [1.29, 1.82) is 0 Å². The summed E-state index contributed by atoms with van der Waals surface area (Å²) >= 11 is 0. The fourth-order valence-electron chi connectivity index (χ4n) is 3.60. The van der Waals surface area contributed by atoms with Crippen molar-refractivity contribution in [2.45, 2.75) is 75.1 Å². The first-order valence-electron chi connectivity index (χ1n) is 8.19. The first-order chi connectivity index (χ1) is 10.0. The van der Waals surface area contributed by atoms with Crippen molar-refractivity contribution in [1.82, 2.24) is 0 Å². The van der Waals surface area contributed by atoms with Crippen molar-refractivity contribution in [2.75, 3.05) is 26.4 Å². The number of epoxide rings is 4. The van der Waals surface area contributed by atoms with E-state index < -0.39 is 0 Å². The second kappa shape index (κ2) is 5.17. The molecule has 5 nitrogen and oxygen atoms in total. The monoisotopic (exact) mass is 298 g/mol. The Morgan fingerprint density at radius 3 is 1.10 bits per heavy atom. The van der Waals surface area contributed by atoms with Gasteiger partial charge in [-0.1, -0.05) is 0 Å². The van der Waals surface area contributed by atoms with Crippen LogP contribution in [-0.2, 0) is 23.7 Å². The van der Waals surface area contributed by atoms with Crippen LogP contribution in [-0.4, -0.2) is 62.0 Å². The van der Waals surface area contributed by atoms with Gasteiger partial charge in [0.05, 0.1) is 62.0 Å². The van der Waals surface area contributed by atoms with Gasteiger partial charge in [0.1, 0.15) is 0 Å². The molecule has 0 radical (unpaired) electrons. The zero-order chi connectivity index (χ0) is 14.5. The van der Waals surface area contributed by atoms with Crippen molar-refractivity contribution in [2.24, 2.45) is 0 Å². The summed E-state index contributed by atoms with van der Waals surface area (Å²) in [6, 6.07) is 0. The molecule has 0 saturated carbocycles. The maximum Gasteiger partial charge on any atom is 0.0837 e. The lowest BCUT2D eigenvalue weighted by Crippen LogP contribution is -2.44. The van der Waals surface area contributed by atoms with Crippen LogP contribution in [0.4, 0.5) is 0 Å². The molecule has 0 aromatic heterocycles. The first kappa shape index (κ1) is 14.4. The molecule has 0 aromatic rings. The van der Waals surface area contributed by atoms with Gasteiger partial charge < -0.3 is 23.7 Å². The molecular weight excluding hydrogens is 272 g/mol. The highest BCUT2D eigenvalue weighted by Gasteiger charge is 2.47. The van der Waals surface area contributed by atoms with Crippen LogP contribution in [0, 0.1) is 0 Å². The third-order valence-electron chi connectivity index (χ3n) is 4.74. The Balaban J connectivity index is 1.43. The van der Waals surface area contributed by atoms with Gasteiger partial charge in [0, 0.05) is 25.7 Å². The molecule has 4 aliphatic rings. The van der Waals surface area contributed by atoms with Crippen molar-refractivity contribution >= 4 is 0 Å². The molecule has 4 unspecified atom stereocenters. The van der Waals surface area contributed by atoms with Gasteiger partial charge in [-0.3, -0.25) is 0 Å². The van der Waals surface area contributed by atoms with Crippen LogP contribution in [0.2, 0.25) is 0 Å². The Bertz CT molecular complexity index is 318. The number of hydrogen-bond donors (Lipinski definition) is 0. The van der Waals surface area contributed by atoms with E-state index in [1.807, 2.05) is 0 Å². The SMILES string of the molecule is CC(CC1CO1)(CC1CO1)OC(C)(CC1CO1)CC1CO1. The predicted molar refractivity (Wildman–Crippen MR) is 75.3 cm³/mol. The molecule has 0 N–H and O–H groups in total. The number of hydrogen-bond acceptors (Lipinski definition) is 5. The molecule has 0 amide bonds. The smallest absolute Gasteiger partial charge is 0.0837 e. The summed E-state index contributed by atoms with van der Waals surface area (Å²) in [5.74, 6) is 0. The minimum absolute atomic E-state index is 0.180. The average Bonchev–Trinajstić information content (AvgIpc) is 3.16. The summed E-state index contributed by atoms with van der Waals surface area (Å²) in [7, 11) is 0. The van der Waals surface area contributed by atoms with Gasteiger partial charge in [0.25, 0.3) is 0 Å². The van der Waals surface area contributed by atoms with Gasteiger partial charge in [0.2, 0.25) is 0 Å². The molecule has 4 saturated heterocycles. The Kier molecular flexibility index (Phi) is 3.54. The van der Waals surface area contributed by atoms with Crippen LogP contribution in [0.5, 0.6) is 0 Å². The summed E-state index contributed by atoms with van der Waals surface area (Å²) in [5.41, 5.74) is -0.359. The lowest BCUT2D eigenvalue weighted by Gasteiger charge is -2.40. The second-order valence-electron chi connectivity index (χ2n) is 7.64. The third kappa shape index (κ3) is 4.39. The largest absolute Gasteiger partial charge is 0.373 e. The van der Waals surface area contributed by atoms with Crippen molar-refractivity contribution in [3.63, 3.8) is 0 Å². The summed E-state index contributed by atoms with van der Waals surface area (Å²) in [4.78, 5) is 0. The van der Waals surface area contributed by atoms with Crippen LogP contribution in [0.25, 0.3) is 0 Å². The van der Waals surface area contributed by atoms with E-state index in [9.17, 15) is 0 Å². The molecule has 0 aliphatic carbocycles. The summed E-state index contributed by atoms with van der Waals surface area (Å²) < 4.78 is 28.5. The van der Waals surface area contributed by atoms with Crippen LogP contribution in [0.1, 0.15) is 39.5 Å². The third-order valence-corrected chi connectivity index (χ3v) is 4.74. The highest BCUT2D eigenvalue weighted by atomic mass is 16.6. The van der Waals surface area contributed by atoms with Crippen LogP contribution in [0.3, 0.4) is 0 Å². The highest BCUT2D eigenvalue weighted by molar-refractivity contribution is 4.96. The maximum atomic E-state index is 6.71. The zero-order valence-electron chi connectivity index (χ0n) is 13.0. The molecule has 4 heterocycles. The molecule has 4 rings (SSSR count). The molecule has 4 atom stereocenters. The van der Waals surface area contributed by atoms with Crippen LogP contribution < -0.4 is 0 Å². The van der Waals surface area contributed by atoms with E-state index in [0.29, 0.717) is 24.4 Å². The van der Waals surface area contributed by atoms with Gasteiger partial charge in [0.15, 0.2) is 0 Å². The second-order valence-corrected chi connectivity index (χ2v) is 7.64. The predicted octanol–water partition coefficient (Wildman–Crippen LogP) is 1.68. The standard InChI is InChI=1S/C16H26O5/c1-15(3-11-7-17-11,4-12-8-18-12)21-16(2,5-13-9-19-13)6-14-10-20-14/h11-14H,3-10H2,1-2H3. The quantitative estimate of drug-likeness (QED) is 0.574. The normalized spacial score (nSPS) is 42.0. The molecule has 0 aromatic carbocycles. The molecule has 5 heteroatoms. The van der Waals surface area contributed by atoms with Crippen LogP contribution >= 0.6 is 0 Å². The number of rotatable bonds is 10. The maximum absolute atomic E-state index is 6.71. The van der Waals surface area contributed by atoms with E-state index in [0.717, 1.165) is 52.1 Å². The fraction of sp³-hybridized carbons (Fsp3) is 1.00. The lowest BCUT2D eigenvalue weighted by atomic mass is 9.89. The van der Waals surface area contributed by atoms with E-state index >= 15 is 0 Å². The Morgan fingerprint density at radius 2 is 0.905 bits per heavy atom. The van der Waals surface area contributed by atoms with Gasteiger partial charge in [-0.05, 0) is 13.8 Å². The average molecular weight is 298 g/mol. The van der Waals surface area contributed by atoms with Crippen molar-refractivity contribution in [3.05, 3.63) is 0 Å². The Hall–Kier alpha value is -0.200. The molecule has 21 heavy (non-hydrogen) atoms. The van der Waals surface area contributed by atoms with Gasteiger partial charge >= 0.3 is 0 Å². The number of ether oxygens (including phenoxy) is 5. The first-order valence-corrected chi connectivity index (χ1v) is 8.19. The minimum Gasteiger partial charge on any atom is -0.373 e. The van der Waals surface area contributed by atoms with E-state index in [1.54, 1.807) is 0 Å². The molecule has 0 spiro atoms. The molecule has 120 valence electrons. The van der Waals surface area contributed by atoms with E-state index in [2.05, 4.69) is 13.8 Å². The summed E-state index contributed by atoms with van der Waals surface area (Å²) in [6.07, 6.45) is 5.30. The highest BCUT2D eigenvalue weighted by Crippen LogP contribution is 2.41. The van der Waals surface area contributed by atoms with E-state index in [1.165, 1.54) is 0 Å². The van der Waals surface area contributed by atoms with E-state index in [-0.39, 0.29) is 11.2 Å². The van der Waals surface area contributed by atoms with Gasteiger partial charge in [-0.15, -0.1) is 0 Å². The van der Waals surface area contributed by atoms with Gasteiger partial charge in [-0.2, -0.15) is 0 Å². The van der Waals surface area contributed by atoms with Crippen molar-refractivity contribution in [3.8, 4) is 0 Å². The van der Waals surface area contributed by atoms with Crippen LogP contribution in [0.15, 0.2) is 0 Å². The molecular formula is C16H26O5. The molecule has 4 fully saturated rings. The summed E-state index contributed by atoms with van der Waals surface area (Å²) in [5, 5.41) is 0. The lowest BCUT2D eigenvalue weighted by molar-refractivity contribution is -0.161. The summed E-state index contributed by atoms with van der Waals surface area (Å²) in [6.45, 7) is 7.93. The topological polar surface area (TPSA) is 59.4 Å². The fourth-order valence-corrected chi connectivity index (χ4v) is 3.60.